The molecule has 0 N–H and O–H groups in total. The van der Waals surface area contributed by atoms with Crippen LogP contribution in [0.25, 0.3) is 0 Å². The van der Waals surface area contributed by atoms with E-state index in [9.17, 15) is 0 Å². The van der Waals surface area contributed by atoms with Gasteiger partial charge in [-0.1, -0.05) is 77.0 Å². The van der Waals surface area contributed by atoms with E-state index in [-0.39, 0.29) is 0 Å². The van der Waals surface area contributed by atoms with Crippen LogP contribution in [-0.4, -0.2) is 56.2 Å². The summed E-state index contributed by atoms with van der Waals surface area (Å²) >= 11 is 4.95. The molecule has 0 bridgehead atoms. The van der Waals surface area contributed by atoms with Crippen molar-refractivity contribution in [3.8, 4) is 0 Å². The van der Waals surface area contributed by atoms with Gasteiger partial charge in [-0.3, -0.25) is 4.90 Å². The van der Waals surface area contributed by atoms with Crippen molar-refractivity contribution in [2.45, 2.75) is 263 Å². The highest BCUT2D eigenvalue weighted by Crippen LogP contribution is 2.62. The van der Waals surface area contributed by atoms with E-state index in [1.54, 1.807) is 89.9 Å². The number of hydrogen-bond acceptors (Lipinski definition) is 4. The monoisotopic (exact) mass is 830 g/mol. The van der Waals surface area contributed by atoms with Crippen molar-refractivity contribution in [2.24, 2.45) is 71.0 Å². The maximum Gasteiger partial charge on any atom is 0.0652 e. The van der Waals surface area contributed by atoms with Gasteiger partial charge in [0.15, 0.2) is 0 Å². The zero-order chi connectivity index (χ0) is 38.2. The van der Waals surface area contributed by atoms with Gasteiger partial charge in [0.05, 0.1) is 12.2 Å². The Hall–Kier alpha value is 0.620. The highest BCUT2D eigenvalue weighted by Gasteiger charge is 2.60. The van der Waals surface area contributed by atoms with Crippen LogP contribution in [0.5, 0.6) is 0 Å². The van der Waals surface area contributed by atoms with Gasteiger partial charge in [0.1, 0.15) is 0 Å². The van der Waals surface area contributed by atoms with Gasteiger partial charge in [-0.05, 0) is 200 Å². The van der Waals surface area contributed by atoms with Gasteiger partial charge in [0.25, 0.3) is 0 Å². The van der Waals surface area contributed by atoms with Gasteiger partial charge in [0, 0.05) is 45.0 Å². The number of rotatable bonds is 6. The predicted molar refractivity (Wildman–Crippen MR) is 246 cm³/mol. The lowest BCUT2D eigenvalue weighted by atomic mass is 9.61. The Labute approximate surface area is 365 Å². The summed E-state index contributed by atoms with van der Waals surface area (Å²) in [5.74, 6) is 12.0. The second-order valence-corrected chi connectivity index (χ2v) is 27.2. The molecular weight excluding hydrogens is 743 g/mol. The standard InChI is InChI=1S/C54H87NOS2/c1-2-11-34(12-3-1)40-13-4-5-14-41(40)35-21-25-37(26-22-35)55(39-29-31-50-47(33-39)43-15-6-8-19-48(43)57-50)38-27-23-36(24-28-38)42-17-10-18-44-45-30-32-51-52(54(45)56-53(42)44)46-16-7-9-20-49(46)58-51/h34-54H,1-33H2. The van der Waals surface area contributed by atoms with Crippen LogP contribution in [0.4, 0.5) is 0 Å². The Kier molecular flexibility index (Phi) is 12.1. The van der Waals surface area contributed by atoms with Crippen molar-refractivity contribution in [1.82, 2.24) is 4.90 Å². The third-order valence-corrected chi connectivity index (χ3v) is 25.6. The normalized spacial score (nSPS) is 53.5. The minimum Gasteiger partial charge on any atom is -0.374 e. The molecule has 0 radical (unpaired) electrons. The second-order valence-electron chi connectivity index (χ2n) is 24.2. The average molecular weight is 830 g/mol. The van der Waals surface area contributed by atoms with Crippen molar-refractivity contribution >= 4 is 23.5 Å². The van der Waals surface area contributed by atoms with Crippen LogP contribution in [-0.2, 0) is 4.74 Å². The molecule has 3 aliphatic heterocycles. The molecule has 3 saturated heterocycles. The molecular formula is C54H87NOS2. The van der Waals surface area contributed by atoms with Crippen molar-refractivity contribution in [3.63, 3.8) is 0 Å². The highest BCUT2D eigenvalue weighted by atomic mass is 32.2. The van der Waals surface area contributed by atoms with E-state index in [0.717, 1.165) is 110 Å². The summed E-state index contributed by atoms with van der Waals surface area (Å²) in [7, 11) is 0. The summed E-state index contributed by atoms with van der Waals surface area (Å²) in [4.78, 5) is 3.41. The molecule has 9 aliphatic carbocycles. The molecule has 3 heterocycles. The fraction of sp³-hybridized carbons (Fsp3) is 1.00. The van der Waals surface area contributed by atoms with E-state index in [1.165, 1.54) is 122 Å². The molecule has 58 heavy (non-hydrogen) atoms. The van der Waals surface area contributed by atoms with E-state index in [0.29, 0.717) is 12.2 Å². The summed E-state index contributed by atoms with van der Waals surface area (Å²) in [6, 6.07) is 2.68. The molecule has 9 saturated carbocycles. The van der Waals surface area contributed by atoms with Crippen molar-refractivity contribution in [2.75, 3.05) is 0 Å². The predicted octanol–water partition coefficient (Wildman–Crippen LogP) is 14.5. The maximum absolute atomic E-state index is 7.63. The van der Waals surface area contributed by atoms with Crippen molar-refractivity contribution < 1.29 is 4.74 Å². The first kappa shape index (κ1) is 40.2. The Balaban J connectivity index is 0.738. The fourth-order valence-corrected chi connectivity index (χ4v) is 23.8. The van der Waals surface area contributed by atoms with E-state index >= 15 is 0 Å². The van der Waals surface area contributed by atoms with Crippen LogP contribution in [0.2, 0.25) is 0 Å². The van der Waals surface area contributed by atoms with E-state index in [2.05, 4.69) is 28.4 Å². The zero-order valence-corrected chi connectivity index (χ0v) is 38.8. The Morgan fingerprint density at radius 3 is 1.50 bits per heavy atom. The first-order chi connectivity index (χ1) is 28.7. The lowest BCUT2D eigenvalue weighted by Crippen LogP contribution is -2.55. The van der Waals surface area contributed by atoms with E-state index < -0.39 is 0 Å². The number of nitrogens with zero attached hydrogens (tertiary/aromatic N) is 1. The van der Waals surface area contributed by atoms with Crippen LogP contribution in [0, 0.1) is 71.0 Å². The number of hydrogen-bond donors (Lipinski definition) is 0. The van der Waals surface area contributed by atoms with Crippen LogP contribution in [0.15, 0.2) is 0 Å². The molecule has 0 aromatic rings. The molecule has 16 atom stereocenters. The third kappa shape index (κ3) is 7.42. The molecule has 2 nitrogen and oxygen atoms in total. The minimum atomic E-state index is 0.624. The van der Waals surface area contributed by atoms with Gasteiger partial charge in [0.2, 0.25) is 0 Å². The zero-order valence-electron chi connectivity index (χ0n) is 37.1. The first-order valence-electron chi connectivity index (χ1n) is 27.5. The molecule has 0 aromatic carbocycles. The topological polar surface area (TPSA) is 12.5 Å². The van der Waals surface area contributed by atoms with Gasteiger partial charge in [-0.25, -0.2) is 0 Å². The Morgan fingerprint density at radius 2 is 0.776 bits per heavy atom. The third-order valence-electron chi connectivity index (χ3n) is 21.9. The lowest BCUT2D eigenvalue weighted by Gasteiger charge is -2.52. The van der Waals surface area contributed by atoms with Gasteiger partial charge in [-0.15, -0.1) is 0 Å². The Bertz CT molecular complexity index is 1370. The smallest absolute Gasteiger partial charge is 0.0652 e. The summed E-state index contributed by atoms with van der Waals surface area (Å²) in [6.07, 6.45) is 52.0. The number of thioether (sulfide) groups is 2. The first-order valence-corrected chi connectivity index (χ1v) is 29.4. The van der Waals surface area contributed by atoms with E-state index in [4.69, 9.17) is 4.74 Å². The molecule has 0 aromatic heterocycles. The molecule has 12 rings (SSSR count). The fourth-order valence-electron chi connectivity index (χ4n) is 19.6. The molecule has 12 aliphatic rings. The van der Waals surface area contributed by atoms with Gasteiger partial charge in [-0.2, -0.15) is 23.5 Å². The molecule has 326 valence electrons. The molecule has 4 heteroatoms. The SMILES string of the molecule is C1CCC(C2CCCCC2C2CCC(N(C3CCC(C4CCCC5C6CCC7SC8CCCCC8C7C6OC45)CC3)C3CCC4SC5CCCCC5C4C3)CC2)CC1. The molecule has 12 fully saturated rings. The van der Waals surface area contributed by atoms with E-state index in [1.807, 2.05) is 0 Å². The van der Waals surface area contributed by atoms with Crippen LogP contribution >= 0.6 is 23.5 Å². The second kappa shape index (κ2) is 17.5. The summed E-state index contributed by atoms with van der Waals surface area (Å²) in [5, 5.41) is 3.96. The van der Waals surface area contributed by atoms with Gasteiger partial charge < -0.3 is 4.74 Å². The molecule has 0 spiro atoms. The quantitative estimate of drug-likeness (QED) is 0.264. The lowest BCUT2D eigenvalue weighted by molar-refractivity contribution is -0.0779. The molecule has 0 amide bonds. The summed E-state index contributed by atoms with van der Waals surface area (Å²) in [6.45, 7) is 0. The van der Waals surface area contributed by atoms with Gasteiger partial charge >= 0.3 is 0 Å². The van der Waals surface area contributed by atoms with Crippen LogP contribution in [0.1, 0.15) is 212 Å². The summed E-state index contributed by atoms with van der Waals surface area (Å²) in [5.41, 5.74) is 0. The van der Waals surface area contributed by atoms with Crippen molar-refractivity contribution in [1.29, 1.82) is 0 Å². The number of ether oxygens (including phenoxy) is 1. The van der Waals surface area contributed by atoms with Crippen LogP contribution < -0.4 is 0 Å². The maximum atomic E-state index is 7.63. The summed E-state index contributed by atoms with van der Waals surface area (Å²) < 4.78 is 7.63. The molecule has 16 unspecified atom stereocenters. The minimum absolute atomic E-state index is 0.624. The number of fused-ring (bicyclic) bond motifs is 10. The van der Waals surface area contributed by atoms with Crippen molar-refractivity contribution in [3.05, 3.63) is 0 Å². The largest absolute Gasteiger partial charge is 0.374 e. The Morgan fingerprint density at radius 1 is 0.293 bits per heavy atom. The average Bonchev–Trinajstić information content (AvgIpc) is 3.98. The highest BCUT2D eigenvalue weighted by molar-refractivity contribution is 8.01. The van der Waals surface area contributed by atoms with Crippen LogP contribution in [0.3, 0.4) is 0 Å².